The Balaban J connectivity index is 1.38. The number of methoxy groups -OCH3 is 1. The molecule has 73 heavy (non-hydrogen) atoms. The SMILES string of the molecule is CO[C@H]1/C=C/O[C@@]2(C)Oc3c(C)c(=O)c4c(O)c(c5oc6cc(OCCNCCOCCNCCC(C)(C)C)ccc6nc5c4c3C2=O)NC(=O)/C(C)=C\C=C\[C@H](C)[C@H](O)[C@@H](C)[C@@H](C)[C@@H](C)[C@H](OC(C)=O)[C@@H]1C. The number of amides is 1. The number of phenols is 1. The molecular weight excluding hydrogens is 937 g/mol. The van der Waals surface area contributed by atoms with Gasteiger partial charge in [-0.3, -0.25) is 19.2 Å². The molecule has 1 amide bonds. The smallest absolute Gasteiger partial charge is 0.312 e. The van der Waals surface area contributed by atoms with Gasteiger partial charge in [0, 0.05) is 75.0 Å². The van der Waals surface area contributed by atoms with Crippen molar-refractivity contribution in [3.8, 4) is 17.2 Å². The van der Waals surface area contributed by atoms with Crippen LogP contribution in [-0.4, -0.2) is 110 Å². The lowest BCUT2D eigenvalue weighted by atomic mass is 9.73. The van der Waals surface area contributed by atoms with E-state index in [1.807, 2.05) is 34.6 Å². The molecule has 2 aliphatic heterocycles. The number of Topliss-reactive ketones (excluding diaryl/α,β-unsaturated/α-hetero) is 1. The third-order valence-electron chi connectivity index (χ3n) is 14.3. The molecule has 17 heteroatoms. The molecule has 398 valence electrons. The molecule has 17 nitrogen and oxygen atoms in total. The van der Waals surface area contributed by atoms with Crippen LogP contribution in [-0.2, 0) is 28.5 Å². The summed E-state index contributed by atoms with van der Waals surface area (Å²) >= 11 is 0. The standard InChI is InChI=1S/C56H76N4O13/c1-30-15-14-16-31(2)54(66)60-46-49(64)43-42(45-52(46)72-41-29-38(17-18-39(41)59-45)69-28-24-58-23-27-68-26-22-57-21-20-55(9,10)11)44-51(36(7)48(43)63)73-56(12,53(44)65)70-25-19-40(67-13)35(6)50(71-37(8)61)34(5)32(3)33(4)47(30)62/h14-19,25,29-30,32-35,40,47,50,57-58,62,64H,20-24,26-28H2,1-13H3,(H,60,66)/b15-14+,25-19+,31-16-/t30-,32+,33-,34+,35+,40-,47-,50-,56-/m0/s1. The Morgan fingerprint density at radius 2 is 1.60 bits per heavy atom. The van der Waals surface area contributed by atoms with Crippen molar-refractivity contribution >= 4 is 56.3 Å². The second-order valence-electron chi connectivity index (χ2n) is 21.0. The van der Waals surface area contributed by atoms with Gasteiger partial charge in [0.1, 0.15) is 40.9 Å². The van der Waals surface area contributed by atoms with Crippen LogP contribution in [0.15, 0.2) is 63.6 Å². The van der Waals surface area contributed by atoms with Crippen molar-refractivity contribution in [2.45, 2.75) is 114 Å². The molecule has 0 radical (unpaired) electrons. The number of ketones is 1. The Kier molecular flexibility index (Phi) is 18.6. The fourth-order valence-electron chi connectivity index (χ4n) is 9.44. The van der Waals surface area contributed by atoms with E-state index in [1.54, 1.807) is 49.4 Å². The first-order valence-electron chi connectivity index (χ1n) is 25.3. The van der Waals surface area contributed by atoms with Crippen molar-refractivity contribution in [3.63, 3.8) is 0 Å². The number of ether oxygens (including phenoxy) is 6. The van der Waals surface area contributed by atoms with Crippen LogP contribution in [0.3, 0.4) is 0 Å². The number of carbonyl (C=O) groups is 3. The molecule has 1 aromatic heterocycles. The Hall–Kier alpha value is -5.85. The van der Waals surface area contributed by atoms with E-state index in [9.17, 15) is 29.4 Å². The Morgan fingerprint density at radius 3 is 2.27 bits per heavy atom. The number of aromatic hydroxyl groups is 1. The molecule has 4 bridgehead atoms. The first kappa shape index (κ1) is 56.4. The molecule has 9 atom stereocenters. The highest BCUT2D eigenvalue weighted by Crippen LogP contribution is 2.48. The van der Waals surface area contributed by atoms with Gasteiger partial charge in [-0.1, -0.05) is 73.6 Å². The predicted molar refractivity (Wildman–Crippen MR) is 281 cm³/mol. The van der Waals surface area contributed by atoms with Crippen LogP contribution < -0.4 is 30.9 Å². The van der Waals surface area contributed by atoms with E-state index in [4.69, 9.17) is 37.8 Å². The second kappa shape index (κ2) is 24.0. The molecule has 0 spiro atoms. The second-order valence-corrected chi connectivity index (χ2v) is 21.0. The van der Waals surface area contributed by atoms with E-state index in [0.717, 1.165) is 19.5 Å². The first-order chi connectivity index (χ1) is 34.5. The molecule has 0 unspecified atom stereocenters. The third kappa shape index (κ3) is 12.9. The quantitative estimate of drug-likeness (QED) is 0.0263. The summed E-state index contributed by atoms with van der Waals surface area (Å²) in [5.74, 6) is -5.56. The van der Waals surface area contributed by atoms with Crippen molar-refractivity contribution in [3.05, 3.63) is 75.7 Å². The summed E-state index contributed by atoms with van der Waals surface area (Å²) in [5.41, 5.74) is -0.103. The largest absolute Gasteiger partial charge is 0.505 e. The van der Waals surface area contributed by atoms with Gasteiger partial charge in [0.15, 0.2) is 22.3 Å². The van der Waals surface area contributed by atoms with E-state index in [0.29, 0.717) is 44.2 Å². The van der Waals surface area contributed by atoms with Gasteiger partial charge in [-0.15, -0.1) is 0 Å². The van der Waals surface area contributed by atoms with Crippen molar-refractivity contribution in [2.24, 2.45) is 35.0 Å². The number of phenolic OH excluding ortho intramolecular Hbond substituents is 1. The van der Waals surface area contributed by atoms with Crippen LogP contribution in [0.4, 0.5) is 5.69 Å². The minimum Gasteiger partial charge on any atom is -0.505 e. The normalized spacial score (nSPS) is 26.8. The van der Waals surface area contributed by atoms with Gasteiger partial charge in [0.25, 0.3) is 11.7 Å². The molecular formula is C56H76N4O13. The summed E-state index contributed by atoms with van der Waals surface area (Å²) in [7, 11) is 1.51. The van der Waals surface area contributed by atoms with Crippen LogP contribution in [0.5, 0.6) is 17.2 Å². The number of benzene rings is 3. The number of fused-ring (bicyclic) bond motifs is 2. The number of nitrogens with one attached hydrogen (secondary N) is 3. The van der Waals surface area contributed by atoms with Gasteiger partial charge in [-0.25, -0.2) is 4.98 Å². The topological polar surface area (TPSA) is 226 Å². The summed E-state index contributed by atoms with van der Waals surface area (Å²) in [6.45, 7) is 26.5. The summed E-state index contributed by atoms with van der Waals surface area (Å²) in [6.07, 6.45) is 6.82. The summed E-state index contributed by atoms with van der Waals surface area (Å²) in [6, 6.07) is 5.01. The minimum atomic E-state index is -2.02. The number of aliphatic hydroxyl groups is 1. The van der Waals surface area contributed by atoms with E-state index in [1.165, 1.54) is 34.1 Å². The number of hydrogen-bond donors (Lipinski definition) is 5. The first-order valence-corrected chi connectivity index (χ1v) is 25.3. The lowest BCUT2D eigenvalue weighted by Gasteiger charge is -2.39. The van der Waals surface area contributed by atoms with Gasteiger partial charge >= 0.3 is 11.8 Å². The van der Waals surface area contributed by atoms with E-state index in [2.05, 4.69) is 36.7 Å². The molecule has 4 aromatic rings. The van der Waals surface area contributed by atoms with Crippen molar-refractivity contribution in [1.82, 2.24) is 15.6 Å². The third-order valence-corrected chi connectivity index (χ3v) is 14.3. The zero-order chi connectivity index (χ0) is 53.5. The number of rotatable bonds is 14. The predicted octanol–water partition coefficient (Wildman–Crippen LogP) is 8.28. The van der Waals surface area contributed by atoms with Gasteiger partial charge in [-0.2, -0.15) is 0 Å². The number of aliphatic hydroxyl groups excluding tert-OH is 1. The highest BCUT2D eigenvalue weighted by Gasteiger charge is 2.49. The Bertz CT molecular complexity index is 2810. The van der Waals surface area contributed by atoms with Crippen LogP contribution in [0.1, 0.15) is 98.5 Å². The molecule has 2 aliphatic rings. The van der Waals surface area contributed by atoms with Crippen molar-refractivity contribution in [1.29, 1.82) is 0 Å². The highest BCUT2D eigenvalue weighted by atomic mass is 16.7. The van der Waals surface area contributed by atoms with Gasteiger partial charge in [0.2, 0.25) is 0 Å². The summed E-state index contributed by atoms with van der Waals surface area (Å²) in [4.78, 5) is 60.8. The van der Waals surface area contributed by atoms with Gasteiger partial charge in [-0.05, 0) is 68.2 Å². The lowest BCUT2D eigenvalue weighted by Crippen LogP contribution is -2.43. The van der Waals surface area contributed by atoms with Crippen molar-refractivity contribution in [2.75, 3.05) is 58.4 Å². The van der Waals surface area contributed by atoms with Crippen LogP contribution in [0.25, 0.3) is 33.0 Å². The van der Waals surface area contributed by atoms with E-state index in [-0.39, 0.29) is 84.7 Å². The number of esters is 1. The average molecular weight is 1010 g/mol. The molecule has 0 fully saturated rings. The Morgan fingerprint density at radius 1 is 0.918 bits per heavy atom. The fourth-order valence-corrected chi connectivity index (χ4v) is 9.44. The van der Waals surface area contributed by atoms with Crippen LogP contribution in [0, 0.1) is 41.9 Å². The maximum atomic E-state index is 14.8. The number of hydrogen-bond acceptors (Lipinski definition) is 16. The molecule has 3 aromatic carbocycles. The average Bonchev–Trinajstić information content (AvgIpc) is 3.61. The van der Waals surface area contributed by atoms with Crippen LogP contribution >= 0.6 is 0 Å². The maximum Gasteiger partial charge on any atom is 0.312 e. The number of carbonyl (C=O) groups excluding carboxylic acids is 3. The number of aromatic nitrogens is 1. The fraction of sp³-hybridized carbons (Fsp3) is 0.554. The highest BCUT2D eigenvalue weighted by molar-refractivity contribution is 6.26. The number of anilines is 1. The Labute approximate surface area is 428 Å². The number of nitrogens with zero attached hydrogens (tertiary/aromatic N) is 1. The monoisotopic (exact) mass is 1010 g/mol. The van der Waals surface area contributed by atoms with Gasteiger partial charge < -0.3 is 59.0 Å². The molecule has 0 saturated carbocycles. The van der Waals surface area contributed by atoms with E-state index >= 15 is 0 Å². The minimum absolute atomic E-state index is 0.00738. The van der Waals surface area contributed by atoms with Crippen molar-refractivity contribution < 1.29 is 57.4 Å². The molecule has 0 saturated heterocycles. The van der Waals surface area contributed by atoms with Gasteiger partial charge in [0.05, 0.1) is 42.6 Å². The van der Waals surface area contributed by atoms with E-state index < -0.39 is 58.9 Å². The zero-order valence-corrected chi connectivity index (χ0v) is 44.7. The zero-order valence-electron chi connectivity index (χ0n) is 44.7. The summed E-state index contributed by atoms with van der Waals surface area (Å²) in [5, 5.41) is 32.9. The lowest BCUT2D eigenvalue weighted by molar-refractivity contribution is -0.157. The maximum absolute atomic E-state index is 14.8. The summed E-state index contributed by atoms with van der Waals surface area (Å²) < 4.78 is 42.6. The van der Waals surface area contributed by atoms with Crippen LogP contribution in [0.2, 0.25) is 0 Å². The molecule has 5 N–H and O–H groups in total. The molecule has 0 aliphatic carbocycles. The molecule has 6 rings (SSSR count). The number of allylic oxidation sites excluding steroid dienone is 2. The molecule has 3 heterocycles.